The van der Waals surface area contributed by atoms with Crippen LogP contribution in [0.3, 0.4) is 0 Å². The number of hydrogen-bond acceptors (Lipinski definition) is 5. The fourth-order valence-electron chi connectivity index (χ4n) is 3.13. The minimum Gasteiger partial charge on any atom is -0.367 e. The SMILES string of the molecule is CCc1ccc(C(CNc2ccc3nnc(C(C)(C)C)n3n2)N(C)C)cc1. The van der Waals surface area contributed by atoms with Gasteiger partial charge in [-0.1, -0.05) is 52.0 Å². The highest BCUT2D eigenvalue weighted by atomic mass is 15.4. The van der Waals surface area contributed by atoms with Crippen LogP contribution in [0.4, 0.5) is 5.82 Å². The second kappa shape index (κ2) is 7.64. The molecule has 1 N–H and O–H groups in total. The van der Waals surface area contributed by atoms with E-state index in [1.807, 2.05) is 16.6 Å². The van der Waals surface area contributed by atoms with Gasteiger partial charge >= 0.3 is 0 Å². The third kappa shape index (κ3) is 4.27. The molecule has 0 spiro atoms. The number of fused-ring (bicyclic) bond motifs is 1. The predicted molar refractivity (Wildman–Crippen MR) is 110 cm³/mol. The molecule has 0 bridgehead atoms. The largest absolute Gasteiger partial charge is 0.367 e. The van der Waals surface area contributed by atoms with Crippen molar-refractivity contribution in [2.24, 2.45) is 0 Å². The van der Waals surface area contributed by atoms with Crippen LogP contribution in [-0.4, -0.2) is 45.4 Å². The zero-order chi connectivity index (χ0) is 19.6. The Morgan fingerprint density at radius 2 is 1.74 bits per heavy atom. The number of anilines is 1. The minimum atomic E-state index is -0.113. The monoisotopic (exact) mass is 366 g/mol. The van der Waals surface area contributed by atoms with Crippen LogP contribution in [0.25, 0.3) is 5.65 Å². The molecule has 3 aromatic rings. The lowest BCUT2D eigenvalue weighted by Crippen LogP contribution is -2.27. The van der Waals surface area contributed by atoms with Crippen LogP contribution in [0.1, 0.15) is 50.7 Å². The Kier molecular flexibility index (Phi) is 5.46. The van der Waals surface area contributed by atoms with E-state index in [1.54, 1.807) is 0 Å². The quantitative estimate of drug-likeness (QED) is 0.721. The minimum absolute atomic E-state index is 0.113. The molecular weight excluding hydrogens is 336 g/mol. The number of aromatic nitrogens is 4. The van der Waals surface area contributed by atoms with Crippen molar-refractivity contribution in [3.05, 3.63) is 53.3 Å². The van der Waals surface area contributed by atoms with E-state index in [4.69, 9.17) is 5.10 Å². The maximum absolute atomic E-state index is 4.72. The number of rotatable bonds is 6. The van der Waals surface area contributed by atoms with Crippen molar-refractivity contribution in [2.75, 3.05) is 26.0 Å². The van der Waals surface area contributed by atoms with Crippen LogP contribution in [0.15, 0.2) is 36.4 Å². The van der Waals surface area contributed by atoms with Gasteiger partial charge in [0.1, 0.15) is 5.82 Å². The van der Waals surface area contributed by atoms with Crippen LogP contribution >= 0.6 is 0 Å². The second-order valence-corrected chi connectivity index (χ2v) is 8.22. The first-order valence-corrected chi connectivity index (χ1v) is 9.51. The van der Waals surface area contributed by atoms with E-state index >= 15 is 0 Å². The summed E-state index contributed by atoms with van der Waals surface area (Å²) in [5.41, 5.74) is 3.31. The average molecular weight is 367 g/mol. The number of nitrogens with zero attached hydrogens (tertiary/aromatic N) is 5. The molecule has 0 amide bonds. The van der Waals surface area contributed by atoms with Crippen molar-refractivity contribution >= 4 is 11.5 Å². The highest BCUT2D eigenvalue weighted by Crippen LogP contribution is 2.22. The highest BCUT2D eigenvalue weighted by Gasteiger charge is 2.22. The average Bonchev–Trinajstić information content (AvgIpc) is 3.05. The summed E-state index contributed by atoms with van der Waals surface area (Å²) >= 11 is 0. The maximum atomic E-state index is 4.72. The van der Waals surface area contributed by atoms with Crippen LogP contribution in [0, 0.1) is 0 Å². The van der Waals surface area contributed by atoms with Gasteiger partial charge in [0.15, 0.2) is 11.5 Å². The van der Waals surface area contributed by atoms with Crippen molar-refractivity contribution < 1.29 is 0 Å². The van der Waals surface area contributed by atoms with Gasteiger partial charge in [-0.2, -0.15) is 4.52 Å². The summed E-state index contributed by atoms with van der Waals surface area (Å²) < 4.78 is 1.84. The Hall–Kier alpha value is -2.47. The van der Waals surface area contributed by atoms with E-state index in [1.165, 1.54) is 11.1 Å². The molecule has 3 rings (SSSR count). The zero-order valence-corrected chi connectivity index (χ0v) is 17.2. The Labute approximate surface area is 161 Å². The molecule has 2 aromatic heterocycles. The molecule has 0 aliphatic heterocycles. The highest BCUT2D eigenvalue weighted by molar-refractivity contribution is 5.44. The number of hydrogen-bond donors (Lipinski definition) is 1. The zero-order valence-electron chi connectivity index (χ0n) is 17.2. The van der Waals surface area contributed by atoms with Gasteiger partial charge in [0.25, 0.3) is 0 Å². The summed E-state index contributed by atoms with van der Waals surface area (Å²) in [6.45, 7) is 9.30. The van der Waals surface area contributed by atoms with Gasteiger partial charge in [-0.3, -0.25) is 0 Å². The van der Waals surface area contributed by atoms with E-state index in [0.717, 1.165) is 30.3 Å². The number of aryl methyl sites for hydroxylation is 1. The van der Waals surface area contributed by atoms with Crippen LogP contribution in [-0.2, 0) is 11.8 Å². The summed E-state index contributed by atoms with van der Waals surface area (Å²) in [6.07, 6.45) is 1.06. The smallest absolute Gasteiger partial charge is 0.178 e. The molecule has 2 heterocycles. The first-order valence-electron chi connectivity index (χ1n) is 9.51. The van der Waals surface area contributed by atoms with Crippen LogP contribution in [0.2, 0.25) is 0 Å². The van der Waals surface area contributed by atoms with Gasteiger partial charge in [0.05, 0.1) is 6.04 Å². The first kappa shape index (κ1) is 19.3. The van der Waals surface area contributed by atoms with Crippen molar-refractivity contribution in [2.45, 2.75) is 45.6 Å². The van der Waals surface area contributed by atoms with E-state index < -0.39 is 0 Å². The molecule has 0 fully saturated rings. The number of likely N-dealkylation sites (N-methyl/N-ethyl adjacent to an activating group) is 1. The van der Waals surface area contributed by atoms with E-state index in [9.17, 15) is 0 Å². The molecular formula is C21H30N6. The topological polar surface area (TPSA) is 58.4 Å². The van der Waals surface area contributed by atoms with Crippen LogP contribution < -0.4 is 5.32 Å². The lowest BCUT2D eigenvalue weighted by molar-refractivity contribution is 0.311. The molecule has 6 heteroatoms. The van der Waals surface area contributed by atoms with Gasteiger partial charge in [-0.15, -0.1) is 15.3 Å². The predicted octanol–water partition coefficient (Wildman–Crippen LogP) is 3.70. The standard InChI is InChI=1S/C21H30N6/c1-7-15-8-10-16(11-9-15)17(26(5)6)14-22-18-12-13-19-23-24-20(21(2,3)4)27(19)25-18/h8-13,17H,7,14H2,1-6H3,(H,22,25). The Morgan fingerprint density at radius 1 is 1.04 bits per heavy atom. The van der Waals surface area contributed by atoms with Crippen molar-refractivity contribution in [1.82, 2.24) is 24.7 Å². The molecule has 27 heavy (non-hydrogen) atoms. The van der Waals surface area contributed by atoms with Gasteiger partial charge in [0.2, 0.25) is 0 Å². The lowest BCUT2D eigenvalue weighted by atomic mass is 9.96. The van der Waals surface area contributed by atoms with Gasteiger partial charge in [0, 0.05) is 12.0 Å². The third-order valence-electron chi connectivity index (χ3n) is 4.81. The van der Waals surface area contributed by atoms with Crippen molar-refractivity contribution in [1.29, 1.82) is 0 Å². The molecule has 6 nitrogen and oxygen atoms in total. The summed E-state index contributed by atoms with van der Waals surface area (Å²) in [7, 11) is 4.21. The van der Waals surface area contributed by atoms with Crippen LogP contribution in [0.5, 0.6) is 0 Å². The molecule has 1 unspecified atom stereocenters. The third-order valence-corrected chi connectivity index (χ3v) is 4.81. The Balaban J connectivity index is 1.80. The lowest BCUT2D eigenvalue weighted by Gasteiger charge is -2.25. The fraction of sp³-hybridized carbons (Fsp3) is 0.476. The fourth-order valence-corrected chi connectivity index (χ4v) is 3.13. The normalized spacial score (nSPS) is 13.3. The summed E-state index contributed by atoms with van der Waals surface area (Å²) in [5.74, 6) is 1.69. The van der Waals surface area contributed by atoms with Gasteiger partial charge in [-0.25, -0.2) is 0 Å². The molecule has 0 aliphatic carbocycles. The summed E-state index contributed by atoms with van der Waals surface area (Å²) in [5, 5.41) is 16.7. The molecule has 1 atom stereocenters. The number of benzene rings is 1. The molecule has 0 saturated carbocycles. The Morgan fingerprint density at radius 3 is 2.33 bits per heavy atom. The van der Waals surface area contributed by atoms with E-state index in [-0.39, 0.29) is 11.5 Å². The van der Waals surface area contributed by atoms with E-state index in [2.05, 4.69) is 86.5 Å². The number of nitrogens with one attached hydrogen (secondary N) is 1. The molecule has 0 radical (unpaired) electrons. The van der Waals surface area contributed by atoms with Gasteiger partial charge in [-0.05, 0) is 43.8 Å². The summed E-state index contributed by atoms with van der Waals surface area (Å²) in [6, 6.07) is 13.0. The summed E-state index contributed by atoms with van der Waals surface area (Å²) in [4.78, 5) is 2.23. The molecule has 0 aliphatic rings. The van der Waals surface area contributed by atoms with Crippen molar-refractivity contribution in [3.8, 4) is 0 Å². The molecule has 144 valence electrons. The first-order chi connectivity index (χ1) is 12.8. The van der Waals surface area contributed by atoms with Crippen molar-refractivity contribution in [3.63, 3.8) is 0 Å². The maximum Gasteiger partial charge on any atom is 0.178 e. The van der Waals surface area contributed by atoms with Gasteiger partial charge < -0.3 is 10.2 Å². The molecule has 0 saturated heterocycles. The Bertz CT molecular complexity index is 889. The van der Waals surface area contributed by atoms with E-state index in [0.29, 0.717) is 0 Å². The molecule has 1 aromatic carbocycles. The second-order valence-electron chi connectivity index (χ2n) is 8.22.